The zero-order chi connectivity index (χ0) is 27.4. The van der Waals surface area contributed by atoms with Gasteiger partial charge in [0, 0.05) is 22.6 Å². The number of amides is 1. The normalized spacial score (nSPS) is 11.6. The van der Waals surface area contributed by atoms with Crippen LogP contribution in [0.4, 0.5) is 10.1 Å². The van der Waals surface area contributed by atoms with E-state index in [1.165, 1.54) is 36.5 Å². The van der Waals surface area contributed by atoms with Crippen LogP contribution < -0.4 is 9.73 Å². The molecule has 4 rings (SSSR count). The van der Waals surface area contributed by atoms with Crippen molar-refractivity contribution < 1.29 is 17.6 Å². The summed E-state index contributed by atoms with van der Waals surface area (Å²) in [7, 11) is -4.10. The Labute approximate surface area is 226 Å². The molecule has 4 aromatic rings. The van der Waals surface area contributed by atoms with Crippen molar-refractivity contribution in [1.82, 2.24) is 9.99 Å². The second kappa shape index (κ2) is 11.2. The molecule has 0 unspecified atom stereocenters. The number of hydrazone groups is 1. The lowest BCUT2D eigenvalue weighted by Gasteiger charge is -2.24. The number of halogens is 2. The summed E-state index contributed by atoms with van der Waals surface area (Å²) in [6, 6.07) is 20.8. The first-order valence-electron chi connectivity index (χ1n) is 11.7. The fourth-order valence-corrected chi connectivity index (χ4v) is 5.76. The Morgan fingerprint density at radius 3 is 2.34 bits per heavy atom. The lowest BCUT2D eigenvalue weighted by molar-refractivity contribution is -0.119. The predicted octanol–water partition coefficient (Wildman–Crippen LogP) is 5.54. The molecule has 196 valence electrons. The van der Waals surface area contributed by atoms with E-state index in [2.05, 4.69) is 10.5 Å². The Balaban J connectivity index is 1.56. The number of carbonyl (C=O) groups is 1. The fraction of sp³-hybridized carbons (Fsp3) is 0.143. The Kier molecular flexibility index (Phi) is 7.99. The van der Waals surface area contributed by atoms with Gasteiger partial charge in [0.1, 0.15) is 12.4 Å². The zero-order valence-electron chi connectivity index (χ0n) is 21.0. The maximum atomic E-state index is 13.5. The second-order valence-electron chi connectivity index (χ2n) is 8.71. The summed E-state index contributed by atoms with van der Waals surface area (Å²) >= 11 is 6.31. The third-order valence-electron chi connectivity index (χ3n) is 5.97. The van der Waals surface area contributed by atoms with Crippen molar-refractivity contribution in [2.75, 3.05) is 10.8 Å². The van der Waals surface area contributed by atoms with Gasteiger partial charge in [0.05, 0.1) is 21.8 Å². The summed E-state index contributed by atoms with van der Waals surface area (Å²) in [6.45, 7) is 5.10. The molecule has 10 heteroatoms. The number of para-hydroxylation sites is 1. The van der Waals surface area contributed by atoms with E-state index in [1.807, 2.05) is 31.4 Å². The third kappa shape index (κ3) is 5.79. The predicted molar refractivity (Wildman–Crippen MR) is 148 cm³/mol. The van der Waals surface area contributed by atoms with Gasteiger partial charge in [-0.15, -0.1) is 0 Å². The van der Waals surface area contributed by atoms with Crippen molar-refractivity contribution in [3.05, 3.63) is 112 Å². The topological polar surface area (TPSA) is 83.8 Å². The second-order valence-corrected chi connectivity index (χ2v) is 11.0. The molecule has 0 radical (unpaired) electrons. The van der Waals surface area contributed by atoms with Gasteiger partial charge in [-0.25, -0.2) is 18.2 Å². The molecule has 0 saturated carbocycles. The van der Waals surface area contributed by atoms with Crippen LogP contribution in [0.5, 0.6) is 0 Å². The number of nitrogens with zero attached hydrogens (tertiary/aromatic N) is 3. The SMILES string of the molecule is Cc1ccc(S(=O)(=O)N(CC(=O)N/N=C\c2cc(C)n(-c3ccc(F)cc3)c2C)c2ccccc2Cl)cc1. The van der Waals surface area contributed by atoms with Crippen LogP contribution in [0.15, 0.2) is 88.9 Å². The minimum Gasteiger partial charge on any atom is -0.318 e. The summed E-state index contributed by atoms with van der Waals surface area (Å²) < 4.78 is 43.2. The van der Waals surface area contributed by atoms with Gasteiger partial charge >= 0.3 is 0 Å². The van der Waals surface area contributed by atoms with Gasteiger partial charge in [0.2, 0.25) is 0 Å². The van der Waals surface area contributed by atoms with Crippen molar-refractivity contribution in [2.45, 2.75) is 25.7 Å². The lowest BCUT2D eigenvalue weighted by atomic mass is 10.2. The molecule has 0 spiro atoms. The first-order chi connectivity index (χ1) is 18.1. The molecule has 1 heterocycles. The highest BCUT2D eigenvalue weighted by Gasteiger charge is 2.28. The molecule has 0 atom stereocenters. The van der Waals surface area contributed by atoms with E-state index in [0.717, 1.165) is 32.5 Å². The van der Waals surface area contributed by atoms with Crippen LogP contribution in [-0.4, -0.2) is 31.7 Å². The molecule has 1 aromatic heterocycles. The molecule has 0 aliphatic carbocycles. The first kappa shape index (κ1) is 27.1. The molecule has 0 aliphatic rings. The van der Waals surface area contributed by atoms with Gasteiger partial charge < -0.3 is 4.57 Å². The van der Waals surface area contributed by atoms with Gasteiger partial charge in [-0.05, 0) is 75.4 Å². The van der Waals surface area contributed by atoms with Crippen molar-refractivity contribution in [3.63, 3.8) is 0 Å². The first-order valence-corrected chi connectivity index (χ1v) is 13.5. The van der Waals surface area contributed by atoms with E-state index in [1.54, 1.807) is 42.5 Å². The Morgan fingerprint density at radius 2 is 1.68 bits per heavy atom. The van der Waals surface area contributed by atoms with Gasteiger partial charge in [-0.2, -0.15) is 5.10 Å². The highest BCUT2D eigenvalue weighted by molar-refractivity contribution is 7.92. The number of sulfonamides is 1. The van der Waals surface area contributed by atoms with E-state index in [9.17, 15) is 17.6 Å². The fourth-order valence-electron chi connectivity index (χ4n) is 4.04. The Morgan fingerprint density at radius 1 is 1.03 bits per heavy atom. The quantitative estimate of drug-likeness (QED) is 0.230. The Hall–Kier alpha value is -3.95. The summed E-state index contributed by atoms with van der Waals surface area (Å²) in [4.78, 5) is 12.9. The lowest BCUT2D eigenvalue weighted by Crippen LogP contribution is -2.39. The summed E-state index contributed by atoms with van der Waals surface area (Å²) in [5, 5.41) is 4.24. The number of anilines is 1. The van der Waals surface area contributed by atoms with Crippen LogP contribution in [0, 0.1) is 26.6 Å². The zero-order valence-corrected chi connectivity index (χ0v) is 22.6. The molecule has 0 fully saturated rings. The minimum absolute atomic E-state index is 0.0348. The maximum Gasteiger partial charge on any atom is 0.264 e. The number of nitrogens with one attached hydrogen (secondary N) is 1. The molecule has 0 bridgehead atoms. The van der Waals surface area contributed by atoms with Gasteiger partial charge in [0.15, 0.2) is 0 Å². The average Bonchev–Trinajstić information content (AvgIpc) is 3.16. The van der Waals surface area contributed by atoms with E-state index in [0.29, 0.717) is 0 Å². The highest BCUT2D eigenvalue weighted by Crippen LogP contribution is 2.30. The summed E-state index contributed by atoms with van der Waals surface area (Å²) in [5.41, 5.74) is 6.76. The van der Waals surface area contributed by atoms with E-state index < -0.39 is 22.5 Å². The number of rotatable bonds is 8. The van der Waals surface area contributed by atoms with E-state index in [4.69, 9.17) is 11.6 Å². The molecular weight excluding hydrogens is 527 g/mol. The van der Waals surface area contributed by atoms with Crippen molar-refractivity contribution in [3.8, 4) is 5.69 Å². The van der Waals surface area contributed by atoms with Crippen LogP contribution >= 0.6 is 11.6 Å². The maximum absolute atomic E-state index is 13.5. The number of benzene rings is 3. The monoisotopic (exact) mass is 552 g/mol. The summed E-state index contributed by atoms with van der Waals surface area (Å²) in [6.07, 6.45) is 1.48. The molecule has 38 heavy (non-hydrogen) atoms. The molecule has 1 amide bonds. The standard InChI is InChI=1S/C28H26ClFN4O3S/c1-19-8-14-25(15-9-19)38(36,37)33(27-7-5-4-6-26(27)29)18-28(35)32-31-17-22-16-20(2)34(21(22)3)24-12-10-23(30)11-13-24/h4-17H,18H2,1-3H3,(H,32,35)/b31-17-. The summed E-state index contributed by atoms with van der Waals surface area (Å²) in [5.74, 6) is -0.972. The molecule has 1 N–H and O–H groups in total. The van der Waals surface area contributed by atoms with Crippen LogP contribution in [0.3, 0.4) is 0 Å². The molecule has 0 aliphatic heterocycles. The van der Waals surface area contributed by atoms with Gasteiger partial charge in [-0.3, -0.25) is 9.10 Å². The van der Waals surface area contributed by atoms with Crippen LogP contribution in [0.2, 0.25) is 5.02 Å². The minimum atomic E-state index is -4.10. The number of hydrogen-bond donors (Lipinski definition) is 1. The van der Waals surface area contributed by atoms with Gasteiger partial charge in [-0.1, -0.05) is 41.4 Å². The molecule has 7 nitrogen and oxygen atoms in total. The number of carbonyl (C=O) groups excluding carboxylic acids is 1. The van der Waals surface area contributed by atoms with Crippen LogP contribution in [-0.2, 0) is 14.8 Å². The van der Waals surface area contributed by atoms with Crippen molar-refractivity contribution in [1.29, 1.82) is 0 Å². The van der Waals surface area contributed by atoms with Crippen molar-refractivity contribution in [2.24, 2.45) is 5.10 Å². The molecule has 0 saturated heterocycles. The highest BCUT2D eigenvalue weighted by atomic mass is 35.5. The molecule has 3 aromatic carbocycles. The smallest absolute Gasteiger partial charge is 0.264 e. The number of aromatic nitrogens is 1. The van der Waals surface area contributed by atoms with E-state index >= 15 is 0 Å². The average molecular weight is 553 g/mol. The van der Waals surface area contributed by atoms with Crippen LogP contribution in [0.1, 0.15) is 22.5 Å². The largest absolute Gasteiger partial charge is 0.318 e. The van der Waals surface area contributed by atoms with Gasteiger partial charge in [0.25, 0.3) is 15.9 Å². The van der Waals surface area contributed by atoms with Crippen LogP contribution in [0.25, 0.3) is 5.69 Å². The Bertz CT molecular complexity index is 1600. The van der Waals surface area contributed by atoms with E-state index in [-0.39, 0.29) is 21.4 Å². The molecular formula is C28H26ClFN4O3S. The van der Waals surface area contributed by atoms with Crippen molar-refractivity contribution >= 4 is 39.4 Å². The third-order valence-corrected chi connectivity index (χ3v) is 8.06. The number of aryl methyl sites for hydroxylation is 2. The number of hydrogen-bond acceptors (Lipinski definition) is 4.